The summed E-state index contributed by atoms with van der Waals surface area (Å²) in [6, 6.07) is 13.5. The summed E-state index contributed by atoms with van der Waals surface area (Å²) in [4.78, 5) is 11.8. The molecule has 0 fully saturated rings. The molecule has 0 heterocycles. The molecule has 0 aliphatic heterocycles. The number of ether oxygens (including phenoxy) is 1. The Bertz CT molecular complexity index is 798. The molecule has 0 spiro atoms. The quantitative estimate of drug-likeness (QED) is 0.789. The van der Waals surface area contributed by atoms with Crippen molar-refractivity contribution in [2.45, 2.75) is 18.7 Å². The Kier molecular flexibility index (Phi) is 5.05. The summed E-state index contributed by atoms with van der Waals surface area (Å²) in [5.74, 6) is -0.623. The number of sulfonamides is 1. The molecule has 0 radical (unpaired) electrons. The van der Waals surface area contributed by atoms with Gasteiger partial charge < -0.3 is 4.74 Å². The van der Waals surface area contributed by atoms with E-state index in [4.69, 9.17) is 0 Å². The Hall–Kier alpha value is -2.34. The van der Waals surface area contributed by atoms with E-state index in [1.807, 2.05) is 19.9 Å². The lowest BCUT2D eigenvalue weighted by atomic mass is 10.2. The summed E-state index contributed by atoms with van der Waals surface area (Å²) in [6.07, 6.45) is 0. The third-order valence-electron chi connectivity index (χ3n) is 3.40. The van der Waals surface area contributed by atoms with Crippen LogP contribution in [0.2, 0.25) is 0 Å². The van der Waals surface area contributed by atoms with Gasteiger partial charge in [0, 0.05) is 0 Å². The highest BCUT2D eigenvalue weighted by Gasteiger charge is 2.27. The maximum atomic E-state index is 12.9. The lowest BCUT2D eigenvalue weighted by Gasteiger charge is -2.23. The van der Waals surface area contributed by atoms with Gasteiger partial charge in [-0.3, -0.25) is 9.10 Å². The summed E-state index contributed by atoms with van der Waals surface area (Å²) < 4.78 is 31.6. The first-order chi connectivity index (χ1) is 10.8. The molecule has 0 aliphatic rings. The fourth-order valence-electron chi connectivity index (χ4n) is 2.12. The van der Waals surface area contributed by atoms with Gasteiger partial charge in [0.05, 0.1) is 17.7 Å². The molecule has 0 amide bonds. The van der Waals surface area contributed by atoms with Crippen molar-refractivity contribution in [1.82, 2.24) is 0 Å². The van der Waals surface area contributed by atoms with E-state index in [0.717, 1.165) is 15.4 Å². The van der Waals surface area contributed by atoms with Crippen LogP contribution in [0, 0.1) is 13.8 Å². The average Bonchev–Trinajstić information content (AvgIpc) is 2.52. The van der Waals surface area contributed by atoms with Crippen LogP contribution >= 0.6 is 0 Å². The first kappa shape index (κ1) is 17.0. The second-order valence-corrected chi connectivity index (χ2v) is 7.10. The molecule has 2 aromatic rings. The summed E-state index contributed by atoms with van der Waals surface area (Å²) in [6.45, 7) is 3.36. The molecule has 0 aromatic heterocycles. The molecule has 5 nitrogen and oxygen atoms in total. The Balaban J connectivity index is 2.51. The van der Waals surface area contributed by atoms with Crippen LogP contribution in [0.25, 0.3) is 0 Å². The number of anilines is 1. The van der Waals surface area contributed by atoms with Gasteiger partial charge in [-0.25, -0.2) is 8.42 Å². The SMILES string of the molecule is COC(=O)CN(c1cccc(C)c1)S(=O)(=O)c1ccc(C)cc1. The Labute approximate surface area is 136 Å². The predicted molar refractivity (Wildman–Crippen MR) is 88.9 cm³/mol. The largest absolute Gasteiger partial charge is 0.468 e. The number of nitrogens with zero attached hydrogens (tertiary/aromatic N) is 1. The van der Waals surface area contributed by atoms with Crippen molar-refractivity contribution < 1.29 is 17.9 Å². The maximum absolute atomic E-state index is 12.9. The number of esters is 1. The Morgan fingerprint density at radius 3 is 2.26 bits per heavy atom. The van der Waals surface area contributed by atoms with Crippen molar-refractivity contribution in [2.75, 3.05) is 18.0 Å². The molecule has 122 valence electrons. The molecule has 6 heteroatoms. The number of aryl methyl sites for hydroxylation is 2. The van der Waals surface area contributed by atoms with Gasteiger partial charge in [0.1, 0.15) is 6.54 Å². The number of rotatable bonds is 5. The highest BCUT2D eigenvalue weighted by molar-refractivity contribution is 7.92. The number of benzene rings is 2. The molecule has 0 atom stereocenters. The van der Waals surface area contributed by atoms with E-state index in [0.29, 0.717) is 5.69 Å². The lowest BCUT2D eigenvalue weighted by molar-refractivity contribution is -0.138. The van der Waals surface area contributed by atoms with Gasteiger partial charge in [-0.1, -0.05) is 29.8 Å². The molecule has 2 rings (SSSR count). The van der Waals surface area contributed by atoms with Gasteiger partial charge in [0.2, 0.25) is 0 Å². The van der Waals surface area contributed by atoms with E-state index in [1.165, 1.54) is 19.2 Å². The van der Waals surface area contributed by atoms with Crippen LogP contribution in [0.1, 0.15) is 11.1 Å². The molecule has 0 bridgehead atoms. The first-order valence-electron chi connectivity index (χ1n) is 7.07. The standard InChI is InChI=1S/C17H19NO4S/c1-13-7-9-16(10-8-13)23(20,21)18(12-17(19)22-3)15-6-4-5-14(2)11-15/h4-11H,12H2,1-3H3. The molecule has 0 saturated carbocycles. The molecule has 0 aliphatic carbocycles. The number of hydrogen-bond donors (Lipinski definition) is 0. The molecule has 2 aromatic carbocycles. The number of carbonyl (C=O) groups excluding carboxylic acids is 1. The van der Waals surface area contributed by atoms with Crippen LogP contribution in [-0.2, 0) is 19.6 Å². The van der Waals surface area contributed by atoms with Gasteiger partial charge >= 0.3 is 5.97 Å². The fourth-order valence-corrected chi connectivity index (χ4v) is 3.52. The van der Waals surface area contributed by atoms with Gasteiger partial charge in [-0.05, 0) is 43.7 Å². The third-order valence-corrected chi connectivity index (χ3v) is 5.19. The van der Waals surface area contributed by atoms with E-state index in [-0.39, 0.29) is 11.4 Å². The van der Waals surface area contributed by atoms with Crippen molar-refractivity contribution >= 4 is 21.7 Å². The summed E-state index contributed by atoms with van der Waals surface area (Å²) >= 11 is 0. The minimum atomic E-state index is -3.86. The monoisotopic (exact) mass is 333 g/mol. The van der Waals surface area contributed by atoms with Crippen LogP contribution in [-0.4, -0.2) is 28.0 Å². The van der Waals surface area contributed by atoms with Crippen molar-refractivity contribution in [3.05, 3.63) is 59.7 Å². The Morgan fingerprint density at radius 1 is 1.04 bits per heavy atom. The van der Waals surface area contributed by atoms with Gasteiger partial charge in [-0.2, -0.15) is 0 Å². The molecular formula is C17H19NO4S. The highest BCUT2D eigenvalue weighted by Crippen LogP contribution is 2.24. The first-order valence-corrected chi connectivity index (χ1v) is 8.51. The number of hydrogen-bond acceptors (Lipinski definition) is 4. The van der Waals surface area contributed by atoms with Crippen molar-refractivity contribution in [3.8, 4) is 0 Å². The topological polar surface area (TPSA) is 63.7 Å². The number of carbonyl (C=O) groups is 1. The minimum absolute atomic E-state index is 0.133. The maximum Gasteiger partial charge on any atom is 0.326 e. The smallest absolute Gasteiger partial charge is 0.326 e. The van der Waals surface area contributed by atoms with Crippen LogP contribution in [0.4, 0.5) is 5.69 Å². The minimum Gasteiger partial charge on any atom is -0.468 e. The molecular weight excluding hydrogens is 314 g/mol. The van der Waals surface area contributed by atoms with Gasteiger partial charge in [0.25, 0.3) is 10.0 Å². The Morgan fingerprint density at radius 2 is 1.70 bits per heavy atom. The van der Waals surface area contributed by atoms with E-state index < -0.39 is 16.0 Å². The molecule has 23 heavy (non-hydrogen) atoms. The van der Waals surface area contributed by atoms with Crippen molar-refractivity contribution in [1.29, 1.82) is 0 Å². The van der Waals surface area contributed by atoms with Crippen molar-refractivity contribution in [3.63, 3.8) is 0 Å². The summed E-state index contributed by atoms with van der Waals surface area (Å²) in [5, 5.41) is 0. The average molecular weight is 333 g/mol. The number of methoxy groups -OCH3 is 1. The molecule has 0 N–H and O–H groups in total. The van der Waals surface area contributed by atoms with Crippen LogP contribution < -0.4 is 4.31 Å². The van der Waals surface area contributed by atoms with E-state index in [9.17, 15) is 13.2 Å². The van der Waals surface area contributed by atoms with Crippen molar-refractivity contribution in [2.24, 2.45) is 0 Å². The lowest BCUT2D eigenvalue weighted by Crippen LogP contribution is -2.36. The summed E-state index contributed by atoms with van der Waals surface area (Å²) in [5.41, 5.74) is 2.28. The van der Waals surface area contributed by atoms with Crippen LogP contribution in [0.3, 0.4) is 0 Å². The van der Waals surface area contributed by atoms with E-state index in [1.54, 1.807) is 30.3 Å². The normalized spacial score (nSPS) is 11.1. The van der Waals surface area contributed by atoms with E-state index in [2.05, 4.69) is 4.74 Å². The van der Waals surface area contributed by atoms with Gasteiger partial charge in [0.15, 0.2) is 0 Å². The zero-order valence-corrected chi connectivity index (χ0v) is 14.1. The second-order valence-electron chi connectivity index (χ2n) is 5.24. The van der Waals surface area contributed by atoms with Crippen LogP contribution in [0.15, 0.2) is 53.4 Å². The fraction of sp³-hybridized carbons (Fsp3) is 0.235. The van der Waals surface area contributed by atoms with E-state index >= 15 is 0 Å². The highest BCUT2D eigenvalue weighted by atomic mass is 32.2. The molecule has 0 unspecified atom stereocenters. The summed E-state index contributed by atoms with van der Waals surface area (Å²) in [7, 11) is -2.63. The zero-order chi connectivity index (χ0) is 17.0. The second kappa shape index (κ2) is 6.83. The van der Waals surface area contributed by atoms with Gasteiger partial charge in [-0.15, -0.1) is 0 Å². The van der Waals surface area contributed by atoms with Crippen LogP contribution in [0.5, 0.6) is 0 Å². The zero-order valence-electron chi connectivity index (χ0n) is 13.3. The third kappa shape index (κ3) is 3.90. The molecule has 0 saturated heterocycles. The predicted octanol–water partition coefficient (Wildman–Crippen LogP) is 2.67.